The summed E-state index contributed by atoms with van der Waals surface area (Å²) < 4.78 is 10.0. The first-order valence-corrected chi connectivity index (χ1v) is 10.2. The Kier molecular flexibility index (Phi) is 8.02. The van der Waals surface area contributed by atoms with Gasteiger partial charge in [-0.3, -0.25) is 9.59 Å². The molecule has 0 spiro atoms. The number of carbonyl (C=O) groups is 6. The Morgan fingerprint density at radius 2 is 0.912 bits per heavy atom. The van der Waals surface area contributed by atoms with E-state index in [9.17, 15) is 39.0 Å². The van der Waals surface area contributed by atoms with Crippen LogP contribution < -0.4 is 0 Å². The molecule has 0 bridgehead atoms. The topological polar surface area (TPSA) is 161 Å². The van der Waals surface area contributed by atoms with Crippen LogP contribution in [0.2, 0.25) is 0 Å². The highest BCUT2D eigenvalue weighted by atomic mass is 16.6. The molecule has 0 radical (unpaired) electrons. The summed E-state index contributed by atoms with van der Waals surface area (Å²) in [5.74, 6) is -9.76. The molecule has 10 nitrogen and oxygen atoms in total. The normalized spacial score (nSPS) is 14.1. The largest absolute Gasteiger partial charge is 0.478 e. The molecule has 0 heterocycles. The van der Waals surface area contributed by atoms with E-state index >= 15 is 0 Å². The van der Waals surface area contributed by atoms with E-state index in [1.807, 2.05) is 0 Å². The van der Waals surface area contributed by atoms with Crippen molar-refractivity contribution in [1.29, 1.82) is 0 Å². The monoisotopic (exact) mass is 470 g/mol. The average Bonchev–Trinajstić information content (AvgIpc) is 2.85. The number of Topliss-reactive ketones (excluding diaryl/α,β-unsaturated/α-hetero) is 2. The fraction of sp³-hybridized carbons (Fsp3) is 0.250. The van der Waals surface area contributed by atoms with Crippen LogP contribution in [0.4, 0.5) is 0 Å². The predicted molar refractivity (Wildman–Crippen MR) is 115 cm³/mol. The quantitative estimate of drug-likeness (QED) is 0.283. The van der Waals surface area contributed by atoms with Crippen LogP contribution in [0, 0.1) is 0 Å². The van der Waals surface area contributed by atoms with E-state index in [2.05, 4.69) is 0 Å². The van der Waals surface area contributed by atoms with Gasteiger partial charge < -0.3 is 19.7 Å². The molecule has 0 amide bonds. The highest BCUT2D eigenvalue weighted by Crippen LogP contribution is 2.38. The van der Waals surface area contributed by atoms with Crippen molar-refractivity contribution in [3.63, 3.8) is 0 Å². The van der Waals surface area contributed by atoms with Gasteiger partial charge in [-0.2, -0.15) is 0 Å². The third-order valence-electron chi connectivity index (χ3n) is 5.32. The number of ketones is 2. The van der Waals surface area contributed by atoms with Gasteiger partial charge in [0.05, 0.1) is 0 Å². The Morgan fingerprint density at radius 1 is 0.618 bits per heavy atom. The van der Waals surface area contributed by atoms with Gasteiger partial charge >= 0.3 is 23.9 Å². The summed E-state index contributed by atoms with van der Waals surface area (Å²) in [4.78, 5) is 74.9. The lowest BCUT2D eigenvalue weighted by Gasteiger charge is -2.41. The Hall–Kier alpha value is -4.34. The predicted octanol–water partition coefficient (Wildman–Crippen LogP) is 2.31. The fourth-order valence-corrected chi connectivity index (χ4v) is 3.44. The summed E-state index contributed by atoms with van der Waals surface area (Å²) in [6, 6.07) is 14.1. The summed E-state index contributed by atoms with van der Waals surface area (Å²) in [7, 11) is 0. The second-order valence-electron chi connectivity index (χ2n) is 7.14. The van der Waals surface area contributed by atoms with E-state index < -0.39 is 59.5 Å². The van der Waals surface area contributed by atoms with Crippen molar-refractivity contribution in [2.75, 3.05) is 0 Å². The third-order valence-corrected chi connectivity index (χ3v) is 5.32. The number of carboxylic acid groups (broad SMARTS) is 2. The minimum Gasteiger partial charge on any atom is -0.478 e. The van der Waals surface area contributed by atoms with E-state index in [1.54, 1.807) is 12.1 Å². The maximum atomic E-state index is 12.6. The van der Waals surface area contributed by atoms with E-state index in [4.69, 9.17) is 9.47 Å². The molecule has 2 atom stereocenters. The molecular formula is C24H22O10. The molecule has 2 N–H and O–H groups in total. The fourth-order valence-electron chi connectivity index (χ4n) is 3.44. The van der Waals surface area contributed by atoms with Crippen LogP contribution in [0.1, 0.15) is 47.4 Å². The van der Waals surface area contributed by atoms with Gasteiger partial charge in [-0.25, -0.2) is 19.2 Å². The van der Waals surface area contributed by atoms with Gasteiger partial charge in [-0.1, -0.05) is 74.5 Å². The molecule has 0 saturated carbocycles. The zero-order valence-electron chi connectivity index (χ0n) is 18.3. The van der Waals surface area contributed by atoms with Crippen molar-refractivity contribution >= 4 is 35.4 Å². The number of esters is 2. The van der Waals surface area contributed by atoms with Gasteiger partial charge in [0, 0.05) is 24.0 Å². The van der Waals surface area contributed by atoms with Crippen molar-refractivity contribution in [3.05, 3.63) is 71.8 Å². The van der Waals surface area contributed by atoms with Crippen molar-refractivity contribution in [1.82, 2.24) is 0 Å². The van der Waals surface area contributed by atoms with Gasteiger partial charge in [0.2, 0.25) is 0 Å². The molecule has 2 rings (SSSR count). The van der Waals surface area contributed by atoms with Crippen LogP contribution in [0.25, 0.3) is 0 Å². The summed E-state index contributed by atoms with van der Waals surface area (Å²) in [5.41, 5.74) is -6.31. The maximum Gasteiger partial charge on any atom is 0.380 e. The summed E-state index contributed by atoms with van der Waals surface area (Å²) in [5, 5.41) is 20.0. The molecule has 0 aliphatic carbocycles. The number of aliphatic carboxylic acids is 2. The first kappa shape index (κ1) is 25.9. The van der Waals surface area contributed by atoms with Crippen molar-refractivity contribution < 1.29 is 48.5 Å². The molecule has 0 fully saturated rings. The van der Waals surface area contributed by atoms with Gasteiger partial charge in [0.25, 0.3) is 22.8 Å². The van der Waals surface area contributed by atoms with Crippen LogP contribution in [-0.2, 0) is 28.7 Å². The van der Waals surface area contributed by atoms with Crippen molar-refractivity contribution in [2.24, 2.45) is 0 Å². The lowest BCUT2D eigenvalue weighted by Crippen LogP contribution is -2.67. The van der Waals surface area contributed by atoms with Crippen LogP contribution in [-0.4, -0.2) is 56.9 Å². The molecule has 10 heteroatoms. The SMILES string of the molecule is CCC(OC(=O)C(=O)c1ccccc1)(C(=O)O)C(CC)(OC(=O)C(=O)c1ccccc1)C(=O)O. The summed E-state index contributed by atoms with van der Waals surface area (Å²) in [6.07, 6.45) is -1.41. The molecule has 2 unspecified atom stereocenters. The van der Waals surface area contributed by atoms with Crippen LogP contribution in [0.5, 0.6) is 0 Å². The summed E-state index contributed by atoms with van der Waals surface area (Å²) in [6.45, 7) is 2.35. The first-order valence-electron chi connectivity index (χ1n) is 10.2. The first-order chi connectivity index (χ1) is 16.1. The number of rotatable bonds is 11. The Balaban J connectivity index is 2.53. The van der Waals surface area contributed by atoms with Gasteiger partial charge in [-0.15, -0.1) is 0 Å². The van der Waals surface area contributed by atoms with E-state index in [0.29, 0.717) is 0 Å². The minimum absolute atomic E-state index is 0.128. The Morgan fingerprint density at radius 3 is 1.15 bits per heavy atom. The minimum atomic E-state index is -3.03. The Labute approximate surface area is 194 Å². The molecular weight excluding hydrogens is 448 g/mol. The number of benzene rings is 2. The van der Waals surface area contributed by atoms with Gasteiger partial charge in [0.15, 0.2) is 0 Å². The lowest BCUT2D eigenvalue weighted by molar-refractivity contribution is -0.226. The second-order valence-corrected chi connectivity index (χ2v) is 7.14. The molecule has 2 aromatic carbocycles. The number of carboxylic acids is 2. The highest BCUT2D eigenvalue weighted by molar-refractivity contribution is 6.41. The standard InChI is InChI=1S/C24H22O10/c1-3-23(21(29)30,33-19(27)17(25)15-11-7-5-8-12-15)24(4-2,22(31)32)34-20(28)18(26)16-13-9-6-10-14-16/h5-14H,3-4H2,1-2H3,(H,29,30)(H,31,32). The zero-order chi connectivity index (χ0) is 25.5. The zero-order valence-corrected chi connectivity index (χ0v) is 18.3. The molecule has 34 heavy (non-hydrogen) atoms. The van der Waals surface area contributed by atoms with E-state index in [-0.39, 0.29) is 11.1 Å². The van der Waals surface area contributed by atoms with Crippen LogP contribution in [0.3, 0.4) is 0 Å². The number of hydrogen-bond donors (Lipinski definition) is 2. The van der Waals surface area contributed by atoms with E-state index in [1.165, 1.54) is 62.4 Å². The van der Waals surface area contributed by atoms with Crippen molar-refractivity contribution in [3.8, 4) is 0 Å². The number of ether oxygens (including phenoxy) is 2. The number of hydrogen-bond acceptors (Lipinski definition) is 8. The number of carbonyl (C=O) groups excluding carboxylic acids is 4. The molecule has 0 aromatic heterocycles. The van der Waals surface area contributed by atoms with Crippen LogP contribution >= 0.6 is 0 Å². The highest BCUT2D eigenvalue weighted by Gasteiger charge is 2.67. The molecule has 0 aliphatic rings. The molecule has 0 aliphatic heterocycles. The molecule has 178 valence electrons. The van der Waals surface area contributed by atoms with Gasteiger partial charge in [0.1, 0.15) is 0 Å². The summed E-state index contributed by atoms with van der Waals surface area (Å²) >= 11 is 0. The van der Waals surface area contributed by atoms with Crippen LogP contribution in [0.15, 0.2) is 60.7 Å². The van der Waals surface area contributed by atoms with Gasteiger partial charge in [-0.05, 0) is 0 Å². The average molecular weight is 470 g/mol. The molecule has 2 aromatic rings. The third kappa shape index (κ3) is 4.70. The smallest absolute Gasteiger partial charge is 0.380 e. The van der Waals surface area contributed by atoms with E-state index in [0.717, 1.165) is 0 Å². The molecule has 0 saturated heterocycles. The maximum absolute atomic E-state index is 12.6. The lowest BCUT2D eigenvalue weighted by atomic mass is 9.77. The van der Waals surface area contributed by atoms with Crippen molar-refractivity contribution in [2.45, 2.75) is 37.9 Å². The Bertz CT molecular complexity index is 1020. The second kappa shape index (κ2) is 10.5.